The lowest BCUT2D eigenvalue weighted by atomic mass is 9.92. The Bertz CT molecular complexity index is 3200. The van der Waals surface area contributed by atoms with Crippen LogP contribution in [0, 0.1) is 0 Å². The molecule has 0 radical (unpaired) electrons. The predicted octanol–water partition coefficient (Wildman–Crippen LogP) is 14.5. The van der Waals surface area contributed by atoms with Gasteiger partial charge in [-0.15, -0.1) is 0 Å². The van der Waals surface area contributed by atoms with Crippen molar-refractivity contribution in [3.8, 4) is 33.7 Å². The average molecular weight is 705 g/mol. The summed E-state index contributed by atoms with van der Waals surface area (Å²) < 4.78 is 13.0. The minimum atomic E-state index is 0.618. The molecule has 55 heavy (non-hydrogen) atoms. The van der Waals surface area contributed by atoms with Gasteiger partial charge in [-0.1, -0.05) is 127 Å². The van der Waals surface area contributed by atoms with Gasteiger partial charge in [0.2, 0.25) is 5.89 Å². The lowest BCUT2D eigenvalue weighted by Crippen LogP contribution is -2.11. The van der Waals surface area contributed by atoms with Gasteiger partial charge >= 0.3 is 0 Å². The molecule has 4 heteroatoms. The maximum absolute atomic E-state index is 6.63. The van der Waals surface area contributed by atoms with Crippen molar-refractivity contribution in [1.82, 2.24) is 4.98 Å². The van der Waals surface area contributed by atoms with Crippen molar-refractivity contribution in [3.05, 3.63) is 194 Å². The second-order valence-corrected chi connectivity index (χ2v) is 13.9. The highest BCUT2D eigenvalue weighted by molar-refractivity contribution is 6.22. The molecule has 258 valence electrons. The number of hydrogen-bond donors (Lipinski definition) is 0. The molecule has 0 aliphatic heterocycles. The summed E-state index contributed by atoms with van der Waals surface area (Å²) in [5.41, 5.74) is 12.1. The summed E-state index contributed by atoms with van der Waals surface area (Å²) >= 11 is 0. The van der Waals surface area contributed by atoms with Gasteiger partial charge in [0.1, 0.15) is 16.7 Å². The van der Waals surface area contributed by atoms with Crippen LogP contribution in [0.2, 0.25) is 0 Å². The van der Waals surface area contributed by atoms with Crippen LogP contribution in [0.25, 0.3) is 88.3 Å². The van der Waals surface area contributed by atoms with Crippen LogP contribution in [0.4, 0.5) is 17.1 Å². The van der Waals surface area contributed by atoms with Crippen LogP contribution < -0.4 is 4.90 Å². The number of rotatable bonds is 6. The minimum absolute atomic E-state index is 0.618. The summed E-state index contributed by atoms with van der Waals surface area (Å²) in [5, 5.41) is 6.61. The van der Waals surface area contributed by atoms with E-state index in [4.69, 9.17) is 13.8 Å². The van der Waals surface area contributed by atoms with Crippen LogP contribution in [0.5, 0.6) is 0 Å². The molecular formula is C51H32N2O2. The van der Waals surface area contributed by atoms with Crippen molar-refractivity contribution in [2.24, 2.45) is 0 Å². The molecule has 0 saturated carbocycles. The Balaban J connectivity index is 1.18. The number of oxazole rings is 1. The van der Waals surface area contributed by atoms with Gasteiger partial charge in [0.05, 0.1) is 5.69 Å². The molecule has 0 atom stereocenters. The van der Waals surface area contributed by atoms with E-state index in [9.17, 15) is 0 Å². The molecule has 0 amide bonds. The van der Waals surface area contributed by atoms with Crippen LogP contribution in [0.1, 0.15) is 0 Å². The van der Waals surface area contributed by atoms with Gasteiger partial charge in [-0.2, -0.15) is 0 Å². The number of benzene rings is 9. The van der Waals surface area contributed by atoms with Crippen LogP contribution in [0.3, 0.4) is 0 Å². The molecule has 4 nitrogen and oxygen atoms in total. The van der Waals surface area contributed by atoms with E-state index in [2.05, 4.69) is 157 Å². The Labute approximate surface area is 317 Å². The highest BCUT2D eigenvalue weighted by Crippen LogP contribution is 2.47. The summed E-state index contributed by atoms with van der Waals surface area (Å²) in [6, 6.07) is 68.1. The Morgan fingerprint density at radius 2 is 1.09 bits per heavy atom. The lowest BCUT2D eigenvalue weighted by Gasteiger charge is -2.28. The van der Waals surface area contributed by atoms with Gasteiger partial charge in [0.15, 0.2) is 5.58 Å². The first kappa shape index (κ1) is 31.1. The second-order valence-electron chi connectivity index (χ2n) is 13.9. The molecule has 0 N–H and O–H groups in total. The summed E-state index contributed by atoms with van der Waals surface area (Å²) in [7, 11) is 0. The number of hydrogen-bond acceptors (Lipinski definition) is 4. The molecule has 0 aliphatic rings. The Morgan fingerprint density at radius 1 is 0.400 bits per heavy atom. The third-order valence-electron chi connectivity index (χ3n) is 10.7. The number of aromatic nitrogens is 1. The molecule has 11 aromatic rings. The van der Waals surface area contributed by atoms with Gasteiger partial charge in [0.25, 0.3) is 0 Å². The molecule has 2 heterocycles. The van der Waals surface area contributed by atoms with Crippen LogP contribution in [-0.2, 0) is 0 Å². The van der Waals surface area contributed by atoms with E-state index in [1.165, 1.54) is 0 Å². The summed E-state index contributed by atoms with van der Waals surface area (Å²) in [6.07, 6.45) is 0. The highest BCUT2D eigenvalue weighted by atomic mass is 16.3. The molecule has 0 aliphatic carbocycles. The third-order valence-corrected chi connectivity index (χ3v) is 10.7. The topological polar surface area (TPSA) is 42.4 Å². The van der Waals surface area contributed by atoms with E-state index in [1.54, 1.807) is 0 Å². The Hall–Kier alpha value is -7.43. The fourth-order valence-corrected chi connectivity index (χ4v) is 8.21. The number of para-hydroxylation sites is 3. The largest absolute Gasteiger partial charge is 0.456 e. The molecule has 0 fully saturated rings. The number of fused-ring (bicyclic) bond motifs is 8. The van der Waals surface area contributed by atoms with Crippen LogP contribution >= 0.6 is 0 Å². The zero-order valence-corrected chi connectivity index (χ0v) is 29.7. The quantitative estimate of drug-likeness (QED) is 0.162. The Kier molecular flexibility index (Phi) is 7.14. The summed E-state index contributed by atoms with van der Waals surface area (Å²) in [4.78, 5) is 7.31. The molecule has 0 bridgehead atoms. The standard InChI is InChI=1S/C51H32N2O2/c1-4-15-33(16-5-1)42-31-35-27-30-44-50(55-51(52-44)34-17-6-2-7-18-34)48(35)40-29-28-37(32-43(40)42)53(36-19-8-3-9-20-36)45-24-12-10-21-38(45)39-23-14-26-47-49(39)41-22-11-13-25-46(41)54-47/h1-32H. The monoisotopic (exact) mass is 704 g/mol. The molecule has 11 rings (SSSR count). The highest BCUT2D eigenvalue weighted by Gasteiger charge is 2.22. The minimum Gasteiger partial charge on any atom is -0.456 e. The van der Waals surface area contributed by atoms with Gasteiger partial charge in [-0.25, -0.2) is 4.98 Å². The average Bonchev–Trinajstić information content (AvgIpc) is 3.87. The maximum Gasteiger partial charge on any atom is 0.227 e. The Morgan fingerprint density at radius 3 is 1.93 bits per heavy atom. The van der Waals surface area contributed by atoms with Crippen molar-refractivity contribution < 1.29 is 8.83 Å². The van der Waals surface area contributed by atoms with Gasteiger partial charge in [-0.3, -0.25) is 0 Å². The molecule has 2 aromatic heterocycles. The molecule has 9 aromatic carbocycles. The first-order valence-corrected chi connectivity index (χ1v) is 18.5. The zero-order valence-electron chi connectivity index (χ0n) is 29.7. The molecule has 0 saturated heterocycles. The second kappa shape index (κ2) is 12.6. The van der Waals surface area contributed by atoms with Gasteiger partial charge < -0.3 is 13.7 Å². The van der Waals surface area contributed by atoms with Crippen LogP contribution in [-0.4, -0.2) is 4.98 Å². The fraction of sp³-hybridized carbons (Fsp3) is 0. The maximum atomic E-state index is 6.63. The van der Waals surface area contributed by atoms with Crippen molar-refractivity contribution in [3.63, 3.8) is 0 Å². The van der Waals surface area contributed by atoms with E-state index in [0.29, 0.717) is 5.89 Å². The predicted molar refractivity (Wildman–Crippen MR) is 227 cm³/mol. The smallest absolute Gasteiger partial charge is 0.227 e. The van der Waals surface area contributed by atoms with E-state index < -0.39 is 0 Å². The van der Waals surface area contributed by atoms with E-state index >= 15 is 0 Å². The number of furan rings is 1. The molecular weight excluding hydrogens is 673 g/mol. The van der Waals surface area contributed by atoms with Gasteiger partial charge in [0, 0.05) is 38.7 Å². The first-order chi connectivity index (χ1) is 27.3. The first-order valence-electron chi connectivity index (χ1n) is 18.5. The van der Waals surface area contributed by atoms with Crippen molar-refractivity contribution >= 4 is 71.6 Å². The number of anilines is 3. The molecule has 0 spiro atoms. The van der Waals surface area contributed by atoms with Crippen LogP contribution in [0.15, 0.2) is 203 Å². The van der Waals surface area contributed by atoms with Crippen molar-refractivity contribution in [2.45, 2.75) is 0 Å². The number of nitrogens with zero attached hydrogens (tertiary/aromatic N) is 2. The fourth-order valence-electron chi connectivity index (χ4n) is 8.21. The van der Waals surface area contributed by atoms with Crippen molar-refractivity contribution in [1.29, 1.82) is 0 Å². The lowest BCUT2D eigenvalue weighted by molar-refractivity contribution is 0.623. The third kappa shape index (κ3) is 5.11. The van der Waals surface area contributed by atoms with Crippen molar-refractivity contribution in [2.75, 3.05) is 4.90 Å². The van der Waals surface area contributed by atoms with E-state index in [1.807, 2.05) is 42.5 Å². The zero-order chi connectivity index (χ0) is 36.3. The van der Waals surface area contributed by atoms with E-state index in [-0.39, 0.29) is 0 Å². The SMILES string of the molecule is c1ccc(-c2nc3ccc4cc(-c5ccccc5)c5cc(N(c6ccccc6)c6ccccc6-c6cccc7oc8ccccc8c67)ccc5c4c3o2)cc1. The summed E-state index contributed by atoms with van der Waals surface area (Å²) in [6.45, 7) is 0. The van der Waals surface area contributed by atoms with E-state index in [0.717, 1.165) is 99.5 Å². The molecule has 0 unspecified atom stereocenters. The normalized spacial score (nSPS) is 11.6. The van der Waals surface area contributed by atoms with Gasteiger partial charge in [-0.05, 0) is 99.6 Å². The summed E-state index contributed by atoms with van der Waals surface area (Å²) in [5.74, 6) is 0.618.